The molecule has 1 unspecified atom stereocenters. The molecule has 1 atom stereocenters. The van der Waals surface area contributed by atoms with Gasteiger partial charge in [0, 0.05) is 37.3 Å². The second kappa shape index (κ2) is 9.04. The van der Waals surface area contributed by atoms with Crippen LogP contribution in [0.4, 0.5) is 5.13 Å². The van der Waals surface area contributed by atoms with Crippen LogP contribution in [0.15, 0.2) is 53.3 Å². The number of hydrogen-bond acceptors (Lipinski definition) is 8. The lowest BCUT2D eigenvalue weighted by Crippen LogP contribution is -2.49. The van der Waals surface area contributed by atoms with Crippen LogP contribution >= 0.6 is 11.3 Å². The number of pyridine rings is 1. The van der Waals surface area contributed by atoms with Crippen molar-refractivity contribution in [2.45, 2.75) is 39.3 Å². The highest BCUT2D eigenvalue weighted by Gasteiger charge is 2.35. The maximum Gasteiger partial charge on any atom is 0.253 e. The van der Waals surface area contributed by atoms with Crippen LogP contribution in [0.1, 0.15) is 43.8 Å². The number of aromatic nitrogens is 6. The van der Waals surface area contributed by atoms with Crippen LogP contribution in [0, 0.1) is 6.92 Å². The van der Waals surface area contributed by atoms with Gasteiger partial charge in [0.05, 0.1) is 15.8 Å². The zero-order valence-electron chi connectivity index (χ0n) is 21.5. The van der Waals surface area contributed by atoms with Crippen molar-refractivity contribution in [1.29, 1.82) is 0 Å². The van der Waals surface area contributed by atoms with Gasteiger partial charge in [0.1, 0.15) is 6.04 Å². The lowest BCUT2D eigenvalue weighted by atomic mass is 10.0. The molecule has 0 bridgehead atoms. The third kappa shape index (κ3) is 4.40. The molecule has 1 N–H and O–H groups in total. The van der Waals surface area contributed by atoms with Gasteiger partial charge in [-0.05, 0) is 73.8 Å². The summed E-state index contributed by atoms with van der Waals surface area (Å²) in [6, 6.07) is 15.9. The first-order chi connectivity index (χ1) is 17.8. The normalized spacial score (nSPS) is 16.1. The number of H-pyrrole nitrogens is 1. The summed E-state index contributed by atoms with van der Waals surface area (Å²) in [6.07, 6.45) is 0. The molecule has 190 valence electrons. The number of aryl methyl sites for hydroxylation is 1. The first kappa shape index (κ1) is 23.7. The first-order valence-electron chi connectivity index (χ1n) is 12.5. The second-order valence-electron chi connectivity index (χ2n) is 10.7. The summed E-state index contributed by atoms with van der Waals surface area (Å²) in [5.74, 6) is 0.679. The molecule has 1 saturated heterocycles. The molecule has 5 aromatic rings. The van der Waals surface area contributed by atoms with Gasteiger partial charge in [-0.25, -0.2) is 9.67 Å². The Labute approximate surface area is 218 Å². The number of benzene rings is 2. The Kier molecular flexibility index (Phi) is 5.80. The number of thiazole rings is 1. The smallest absolute Gasteiger partial charge is 0.253 e. The average Bonchev–Trinajstić information content (AvgIpc) is 3.53. The van der Waals surface area contributed by atoms with Crippen molar-refractivity contribution in [2.24, 2.45) is 0 Å². The van der Waals surface area contributed by atoms with E-state index in [2.05, 4.69) is 82.3 Å². The van der Waals surface area contributed by atoms with E-state index in [0.29, 0.717) is 11.4 Å². The van der Waals surface area contributed by atoms with Crippen molar-refractivity contribution in [2.75, 3.05) is 31.1 Å². The van der Waals surface area contributed by atoms with Crippen LogP contribution in [0.2, 0.25) is 0 Å². The topological polar surface area (TPSA) is 95.8 Å². The lowest BCUT2D eigenvalue weighted by Gasteiger charge is -2.39. The number of anilines is 1. The standard InChI is InChI=1S/C27H30N8OS/c1-17-9-10-20-18(15-17)16-19(25(36)28-20)23(24-30-31-32-35(24)27(2,3)4)33-11-13-34(14-12-33)26-29-21-7-5-6-8-22(21)37-26/h5-10,15-16,23H,11-14H2,1-4H3,(H,28,36). The fraction of sp³-hybridized carbons (Fsp3) is 0.370. The quantitative estimate of drug-likeness (QED) is 0.386. The van der Waals surface area contributed by atoms with Crippen molar-refractivity contribution >= 4 is 37.6 Å². The Hall–Kier alpha value is -3.63. The van der Waals surface area contributed by atoms with Crippen LogP contribution in [0.3, 0.4) is 0 Å². The second-order valence-corrected chi connectivity index (χ2v) is 11.7. The summed E-state index contributed by atoms with van der Waals surface area (Å²) in [6.45, 7) is 11.4. The molecular weight excluding hydrogens is 484 g/mol. The molecular formula is C27H30N8OS. The van der Waals surface area contributed by atoms with Crippen LogP contribution in [-0.4, -0.2) is 61.3 Å². The number of fused-ring (bicyclic) bond motifs is 2. The van der Waals surface area contributed by atoms with Gasteiger partial charge >= 0.3 is 0 Å². The molecule has 10 heteroatoms. The zero-order chi connectivity index (χ0) is 25.7. The van der Waals surface area contributed by atoms with Crippen molar-refractivity contribution in [1.82, 2.24) is 35.1 Å². The molecule has 0 radical (unpaired) electrons. The van der Waals surface area contributed by atoms with Crippen molar-refractivity contribution in [3.63, 3.8) is 0 Å². The number of tetrazole rings is 1. The first-order valence-corrected chi connectivity index (χ1v) is 13.4. The summed E-state index contributed by atoms with van der Waals surface area (Å²) < 4.78 is 3.04. The van der Waals surface area contributed by atoms with E-state index >= 15 is 0 Å². The van der Waals surface area contributed by atoms with Crippen LogP contribution in [0.5, 0.6) is 0 Å². The van der Waals surface area contributed by atoms with E-state index < -0.39 is 0 Å². The molecule has 2 aromatic carbocycles. The van der Waals surface area contributed by atoms with E-state index in [1.807, 2.05) is 28.9 Å². The Balaban J connectivity index is 1.38. The third-order valence-corrected chi connectivity index (χ3v) is 8.03. The molecule has 0 amide bonds. The Bertz CT molecular complexity index is 1600. The Morgan fingerprint density at radius 2 is 1.81 bits per heavy atom. The zero-order valence-corrected chi connectivity index (χ0v) is 22.3. The summed E-state index contributed by atoms with van der Waals surface area (Å²) >= 11 is 1.72. The molecule has 37 heavy (non-hydrogen) atoms. The molecule has 4 heterocycles. The molecule has 0 aliphatic carbocycles. The van der Waals surface area contributed by atoms with Gasteiger partial charge in [0.15, 0.2) is 11.0 Å². The summed E-state index contributed by atoms with van der Waals surface area (Å²) in [5.41, 5.74) is 3.22. The number of piperazine rings is 1. The largest absolute Gasteiger partial charge is 0.345 e. The fourth-order valence-electron chi connectivity index (χ4n) is 5.05. The molecule has 0 spiro atoms. The van der Waals surface area contributed by atoms with Gasteiger partial charge in [-0.3, -0.25) is 9.69 Å². The monoisotopic (exact) mass is 514 g/mol. The molecule has 9 nitrogen and oxygen atoms in total. The van der Waals surface area contributed by atoms with E-state index in [-0.39, 0.29) is 17.1 Å². The predicted molar refractivity (Wildman–Crippen MR) is 147 cm³/mol. The lowest BCUT2D eigenvalue weighted by molar-refractivity contribution is 0.190. The molecule has 1 aliphatic rings. The van der Waals surface area contributed by atoms with Gasteiger partial charge < -0.3 is 9.88 Å². The highest BCUT2D eigenvalue weighted by molar-refractivity contribution is 7.22. The maximum atomic E-state index is 13.5. The van der Waals surface area contributed by atoms with E-state index in [0.717, 1.165) is 53.3 Å². The minimum Gasteiger partial charge on any atom is -0.345 e. The van der Waals surface area contributed by atoms with E-state index in [4.69, 9.17) is 4.98 Å². The summed E-state index contributed by atoms with van der Waals surface area (Å²) in [7, 11) is 0. The van der Waals surface area contributed by atoms with Crippen LogP contribution in [-0.2, 0) is 5.54 Å². The van der Waals surface area contributed by atoms with Gasteiger partial charge in [-0.1, -0.05) is 35.1 Å². The minimum absolute atomic E-state index is 0.113. The van der Waals surface area contributed by atoms with Crippen molar-refractivity contribution in [3.05, 3.63) is 75.8 Å². The molecule has 1 fully saturated rings. The average molecular weight is 515 g/mol. The van der Waals surface area contributed by atoms with Crippen molar-refractivity contribution < 1.29 is 0 Å². The number of para-hydroxylation sites is 1. The minimum atomic E-state index is -0.375. The predicted octanol–water partition coefficient (Wildman–Crippen LogP) is 4.10. The summed E-state index contributed by atoms with van der Waals surface area (Å²) in [5, 5.41) is 14.9. The van der Waals surface area contributed by atoms with Gasteiger partial charge in [0.25, 0.3) is 5.56 Å². The molecule has 1 aliphatic heterocycles. The van der Waals surface area contributed by atoms with Gasteiger partial charge in [-0.15, -0.1) is 5.10 Å². The highest BCUT2D eigenvalue weighted by atomic mass is 32.1. The SMILES string of the molecule is Cc1ccc2[nH]c(=O)c(C(c3nnnn3C(C)(C)C)N3CCN(c4nc5ccccc5s4)CC3)cc2c1. The number of nitrogens with zero attached hydrogens (tertiary/aromatic N) is 7. The molecule has 3 aromatic heterocycles. The fourth-order valence-corrected chi connectivity index (χ4v) is 6.07. The highest BCUT2D eigenvalue weighted by Crippen LogP contribution is 2.33. The van der Waals surface area contributed by atoms with Crippen LogP contribution < -0.4 is 10.5 Å². The van der Waals surface area contributed by atoms with Gasteiger partial charge in [0.2, 0.25) is 0 Å². The molecule has 0 saturated carbocycles. The maximum absolute atomic E-state index is 13.5. The van der Waals surface area contributed by atoms with E-state index in [1.54, 1.807) is 11.3 Å². The Morgan fingerprint density at radius 1 is 1.03 bits per heavy atom. The number of aromatic amines is 1. The number of nitrogens with one attached hydrogen (secondary N) is 1. The number of hydrogen-bond donors (Lipinski definition) is 1. The third-order valence-electron chi connectivity index (χ3n) is 6.93. The van der Waals surface area contributed by atoms with E-state index in [9.17, 15) is 4.79 Å². The number of rotatable bonds is 4. The van der Waals surface area contributed by atoms with E-state index in [1.165, 1.54) is 4.70 Å². The van der Waals surface area contributed by atoms with Crippen LogP contribution in [0.25, 0.3) is 21.1 Å². The van der Waals surface area contributed by atoms with Gasteiger partial charge in [-0.2, -0.15) is 0 Å². The summed E-state index contributed by atoms with van der Waals surface area (Å²) in [4.78, 5) is 26.1. The molecule has 6 rings (SSSR count). The van der Waals surface area contributed by atoms with Crippen molar-refractivity contribution in [3.8, 4) is 0 Å². The Morgan fingerprint density at radius 3 is 2.57 bits per heavy atom.